The summed E-state index contributed by atoms with van der Waals surface area (Å²) in [6.45, 7) is 0. The molecular weight excluding hydrogens is 300 g/mol. The number of methoxy groups -OCH3 is 2. The topological polar surface area (TPSA) is 86.0 Å². The van der Waals surface area contributed by atoms with Gasteiger partial charge in [0.25, 0.3) is 5.78 Å². The van der Waals surface area contributed by atoms with Crippen LogP contribution < -0.4 is 4.74 Å². The molecule has 23 heavy (non-hydrogen) atoms. The summed E-state index contributed by atoms with van der Waals surface area (Å²) in [7, 11) is 2.67. The van der Waals surface area contributed by atoms with Gasteiger partial charge in [-0.25, -0.2) is 4.79 Å². The van der Waals surface area contributed by atoms with Crippen molar-refractivity contribution in [3.8, 4) is 5.75 Å². The van der Waals surface area contributed by atoms with Gasteiger partial charge in [-0.2, -0.15) is 0 Å². The summed E-state index contributed by atoms with van der Waals surface area (Å²) in [6, 6.07) is 10.7. The van der Waals surface area contributed by atoms with Gasteiger partial charge in [-0.05, 0) is 18.2 Å². The normalized spacial score (nSPS) is 11.1. The lowest BCUT2D eigenvalue weighted by molar-refractivity contribution is -0.149. The Morgan fingerprint density at radius 1 is 1.17 bits per heavy atom. The molecule has 0 aliphatic heterocycles. The van der Waals surface area contributed by atoms with E-state index in [0.717, 1.165) is 24.5 Å². The minimum atomic E-state index is -1.06. The lowest BCUT2D eigenvalue weighted by Gasteiger charge is -2.06. The second-order valence-electron chi connectivity index (χ2n) is 4.64. The Morgan fingerprint density at radius 2 is 1.91 bits per heavy atom. The van der Waals surface area contributed by atoms with Crippen LogP contribution in [-0.2, 0) is 20.7 Å². The largest absolute Gasteiger partial charge is 0.504 e. The summed E-state index contributed by atoms with van der Waals surface area (Å²) >= 11 is 0. The molecule has 1 aromatic heterocycles. The van der Waals surface area contributed by atoms with Gasteiger partial charge >= 0.3 is 5.97 Å². The average Bonchev–Trinajstić information content (AvgIpc) is 3.03. The molecule has 2 aromatic rings. The number of benzene rings is 1. The van der Waals surface area contributed by atoms with E-state index in [4.69, 9.17) is 9.15 Å². The van der Waals surface area contributed by atoms with Crippen LogP contribution in [0.4, 0.5) is 0 Å². The standard InChI is InChI=1S/C17H16O6/c1-21-15-6-4-3-5-11(15)9-12-7-8-16(23-12)13(18)10-14(19)17(20)22-2/h3-8,10,18H,9H2,1-2H3. The molecule has 0 unspecified atom stereocenters. The maximum absolute atomic E-state index is 11.4. The van der Waals surface area contributed by atoms with Crippen LogP contribution in [0.2, 0.25) is 0 Å². The number of ether oxygens (including phenoxy) is 2. The predicted molar refractivity (Wildman–Crippen MR) is 82.1 cm³/mol. The van der Waals surface area contributed by atoms with Gasteiger partial charge in [-0.3, -0.25) is 4.79 Å². The lowest BCUT2D eigenvalue weighted by atomic mass is 10.1. The van der Waals surface area contributed by atoms with Gasteiger partial charge in [-0.15, -0.1) is 0 Å². The molecule has 0 bridgehead atoms. The first kappa shape index (κ1) is 16.4. The fourth-order valence-electron chi connectivity index (χ4n) is 2.00. The van der Waals surface area contributed by atoms with Crippen molar-refractivity contribution >= 4 is 17.5 Å². The molecule has 0 aliphatic rings. The second kappa shape index (κ2) is 7.31. The van der Waals surface area contributed by atoms with Crippen LogP contribution in [0.15, 0.2) is 46.9 Å². The highest BCUT2D eigenvalue weighted by Gasteiger charge is 2.15. The molecule has 0 spiro atoms. The average molecular weight is 316 g/mol. The van der Waals surface area contributed by atoms with Gasteiger partial charge in [0.1, 0.15) is 11.5 Å². The van der Waals surface area contributed by atoms with Crippen LogP contribution >= 0.6 is 0 Å². The third kappa shape index (κ3) is 4.00. The molecule has 0 amide bonds. The Morgan fingerprint density at radius 3 is 2.61 bits per heavy atom. The first-order valence-corrected chi connectivity index (χ1v) is 6.79. The van der Waals surface area contributed by atoms with E-state index in [0.29, 0.717) is 12.2 Å². The van der Waals surface area contributed by atoms with Gasteiger partial charge in [0.15, 0.2) is 11.5 Å². The zero-order valence-electron chi connectivity index (χ0n) is 12.7. The van der Waals surface area contributed by atoms with E-state index in [1.54, 1.807) is 13.2 Å². The summed E-state index contributed by atoms with van der Waals surface area (Å²) in [5.41, 5.74) is 0.921. The molecule has 1 aromatic carbocycles. The van der Waals surface area contributed by atoms with Gasteiger partial charge in [0.2, 0.25) is 0 Å². The minimum Gasteiger partial charge on any atom is -0.504 e. The molecule has 0 aliphatic carbocycles. The molecule has 0 saturated carbocycles. The SMILES string of the molecule is COC(=O)C(=O)C=C(O)c1ccc(Cc2ccccc2OC)o1. The summed E-state index contributed by atoms with van der Waals surface area (Å²) in [6.07, 6.45) is 1.22. The molecule has 1 N–H and O–H groups in total. The monoisotopic (exact) mass is 316 g/mol. The summed E-state index contributed by atoms with van der Waals surface area (Å²) in [5, 5.41) is 9.83. The van der Waals surface area contributed by atoms with Crippen molar-refractivity contribution < 1.29 is 28.6 Å². The van der Waals surface area contributed by atoms with Crippen molar-refractivity contribution in [1.82, 2.24) is 0 Å². The number of aliphatic hydroxyl groups is 1. The Kier molecular flexibility index (Phi) is 5.19. The van der Waals surface area contributed by atoms with Crippen molar-refractivity contribution in [3.63, 3.8) is 0 Å². The van der Waals surface area contributed by atoms with E-state index < -0.39 is 17.5 Å². The number of carbonyl (C=O) groups excluding carboxylic acids is 2. The molecule has 0 atom stereocenters. The highest BCUT2D eigenvalue weighted by Crippen LogP contribution is 2.23. The number of para-hydroxylation sites is 1. The van der Waals surface area contributed by atoms with Crippen LogP contribution in [0, 0.1) is 0 Å². The van der Waals surface area contributed by atoms with Crippen molar-refractivity contribution in [2.24, 2.45) is 0 Å². The van der Waals surface area contributed by atoms with E-state index in [1.165, 1.54) is 6.07 Å². The molecule has 0 fully saturated rings. The Bertz CT molecular complexity index is 741. The molecule has 6 heteroatoms. The maximum Gasteiger partial charge on any atom is 0.378 e. The molecule has 6 nitrogen and oxygen atoms in total. The number of aliphatic hydroxyl groups excluding tert-OH is 1. The maximum atomic E-state index is 11.4. The lowest BCUT2D eigenvalue weighted by Crippen LogP contribution is -2.12. The van der Waals surface area contributed by atoms with E-state index in [-0.39, 0.29) is 5.76 Å². The van der Waals surface area contributed by atoms with E-state index in [2.05, 4.69) is 4.74 Å². The fourth-order valence-corrected chi connectivity index (χ4v) is 2.00. The Balaban J connectivity index is 2.16. The number of furan rings is 1. The fraction of sp³-hybridized carbons (Fsp3) is 0.176. The first-order valence-electron chi connectivity index (χ1n) is 6.79. The van der Waals surface area contributed by atoms with E-state index in [1.807, 2.05) is 24.3 Å². The zero-order chi connectivity index (χ0) is 16.8. The summed E-state index contributed by atoms with van der Waals surface area (Å²) < 4.78 is 15.0. The highest BCUT2D eigenvalue weighted by molar-refractivity contribution is 6.39. The quantitative estimate of drug-likeness (QED) is 0.381. The number of esters is 1. The molecule has 0 radical (unpaired) electrons. The number of hydrogen-bond acceptors (Lipinski definition) is 6. The molecular formula is C17H16O6. The van der Waals surface area contributed by atoms with Crippen LogP contribution in [0.25, 0.3) is 5.76 Å². The van der Waals surface area contributed by atoms with Gasteiger partial charge in [0, 0.05) is 18.1 Å². The third-order valence-corrected chi connectivity index (χ3v) is 3.13. The van der Waals surface area contributed by atoms with Crippen LogP contribution in [0.3, 0.4) is 0 Å². The van der Waals surface area contributed by atoms with E-state index >= 15 is 0 Å². The van der Waals surface area contributed by atoms with Crippen molar-refractivity contribution in [3.05, 3.63) is 59.6 Å². The van der Waals surface area contributed by atoms with Crippen LogP contribution in [0.5, 0.6) is 5.75 Å². The Hall–Kier alpha value is -3.02. The summed E-state index contributed by atoms with van der Waals surface area (Å²) in [5.74, 6) is -1.06. The molecule has 0 saturated heterocycles. The van der Waals surface area contributed by atoms with Crippen molar-refractivity contribution in [2.45, 2.75) is 6.42 Å². The molecule has 1 heterocycles. The van der Waals surface area contributed by atoms with Crippen LogP contribution in [-0.4, -0.2) is 31.1 Å². The zero-order valence-corrected chi connectivity index (χ0v) is 12.7. The van der Waals surface area contributed by atoms with Gasteiger partial charge in [0.05, 0.1) is 14.2 Å². The number of ketones is 1. The predicted octanol–water partition coefficient (Wildman–Crippen LogP) is 2.52. The van der Waals surface area contributed by atoms with Crippen molar-refractivity contribution in [2.75, 3.05) is 14.2 Å². The summed E-state index contributed by atoms with van der Waals surface area (Å²) in [4.78, 5) is 22.4. The first-order chi connectivity index (χ1) is 11.0. The highest BCUT2D eigenvalue weighted by atomic mass is 16.5. The Labute approximate surface area is 132 Å². The molecule has 2 rings (SSSR count). The van der Waals surface area contributed by atoms with E-state index in [9.17, 15) is 14.7 Å². The second-order valence-corrected chi connectivity index (χ2v) is 4.64. The molecule has 120 valence electrons. The van der Waals surface area contributed by atoms with Crippen molar-refractivity contribution in [1.29, 1.82) is 0 Å². The number of carbonyl (C=O) groups is 2. The number of hydrogen-bond donors (Lipinski definition) is 1. The smallest absolute Gasteiger partial charge is 0.378 e. The minimum absolute atomic E-state index is 0.0900. The third-order valence-electron chi connectivity index (χ3n) is 3.13. The van der Waals surface area contributed by atoms with Gasteiger partial charge < -0.3 is 19.0 Å². The number of rotatable bonds is 6. The van der Waals surface area contributed by atoms with Gasteiger partial charge in [-0.1, -0.05) is 18.2 Å². The van der Waals surface area contributed by atoms with Crippen LogP contribution in [0.1, 0.15) is 17.1 Å².